The van der Waals surface area contributed by atoms with Gasteiger partial charge in [-0.25, -0.2) is 0 Å². The predicted molar refractivity (Wildman–Crippen MR) is 93.8 cm³/mol. The summed E-state index contributed by atoms with van der Waals surface area (Å²) in [5.41, 5.74) is 1.99. The van der Waals surface area contributed by atoms with Gasteiger partial charge in [0.2, 0.25) is 5.91 Å². The maximum Gasteiger partial charge on any atom is 0.249 e. The number of hydrogen-bond acceptors (Lipinski definition) is 4. The standard InChI is InChI=1S/C20H23NO4/c22-13-18-20(17-9-5-2-6-10-17)21(11-12-25-18)19(23)15-24-14-16-7-3-1-4-8-16/h1-10,18,20,22H,11-15H2/t18-,20-/m0/s1. The predicted octanol–water partition coefficient (Wildman–Crippen LogP) is 2.16. The fourth-order valence-electron chi connectivity index (χ4n) is 3.12. The Hall–Kier alpha value is -2.21. The lowest BCUT2D eigenvalue weighted by molar-refractivity contribution is -0.154. The second kappa shape index (κ2) is 8.76. The molecule has 0 radical (unpaired) electrons. The second-order valence-electron chi connectivity index (χ2n) is 6.01. The fourth-order valence-corrected chi connectivity index (χ4v) is 3.12. The molecule has 1 saturated heterocycles. The van der Waals surface area contributed by atoms with Gasteiger partial charge in [0.25, 0.3) is 0 Å². The van der Waals surface area contributed by atoms with Gasteiger partial charge in [-0.05, 0) is 11.1 Å². The van der Waals surface area contributed by atoms with E-state index in [2.05, 4.69) is 0 Å². The molecule has 3 rings (SSSR count). The van der Waals surface area contributed by atoms with Crippen LogP contribution >= 0.6 is 0 Å². The van der Waals surface area contributed by atoms with Crippen LogP contribution in [0.3, 0.4) is 0 Å². The summed E-state index contributed by atoms with van der Waals surface area (Å²) in [5.74, 6) is -0.0912. The molecule has 0 unspecified atom stereocenters. The van der Waals surface area contributed by atoms with Crippen LogP contribution in [0.5, 0.6) is 0 Å². The summed E-state index contributed by atoms with van der Waals surface area (Å²) >= 11 is 0. The van der Waals surface area contributed by atoms with Gasteiger partial charge in [0.1, 0.15) is 12.7 Å². The maximum absolute atomic E-state index is 12.7. The molecule has 1 aliphatic rings. The molecule has 0 bridgehead atoms. The number of aliphatic hydroxyl groups is 1. The summed E-state index contributed by atoms with van der Waals surface area (Å²) in [5, 5.41) is 9.65. The van der Waals surface area contributed by atoms with Crippen LogP contribution in [0.25, 0.3) is 0 Å². The van der Waals surface area contributed by atoms with Crippen molar-refractivity contribution in [1.29, 1.82) is 0 Å². The van der Waals surface area contributed by atoms with E-state index >= 15 is 0 Å². The minimum absolute atomic E-state index is 0.0103. The van der Waals surface area contributed by atoms with Crippen LogP contribution in [0.2, 0.25) is 0 Å². The van der Waals surface area contributed by atoms with Crippen molar-refractivity contribution in [3.05, 3.63) is 71.8 Å². The zero-order valence-electron chi connectivity index (χ0n) is 14.1. The Morgan fingerprint density at radius 1 is 1.12 bits per heavy atom. The lowest BCUT2D eigenvalue weighted by Gasteiger charge is -2.40. The Bertz CT molecular complexity index is 662. The first-order valence-electron chi connectivity index (χ1n) is 8.48. The van der Waals surface area contributed by atoms with Crippen LogP contribution in [0.1, 0.15) is 17.2 Å². The van der Waals surface area contributed by atoms with Crippen LogP contribution < -0.4 is 0 Å². The molecule has 0 saturated carbocycles. The van der Waals surface area contributed by atoms with Gasteiger partial charge in [0.15, 0.2) is 0 Å². The quantitative estimate of drug-likeness (QED) is 0.875. The third-order valence-electron chi connectivity index (χ3n) is 4.33. The number of hydrogen-bond donors (Lipinski definition) is 1. The van der Waals surface area contributed by atoms with Crippen LogP contribution in [0, 0.1) is 0 Å². The number of carbonyl (C=O) groups is 1. The van der Waals surface area contributed by atoms with Gasteiger partial charge in [0.05, 0.1) is 25.9 Å². The molecule has 0 spiro atoms. The molecule has 5 nitrogen and oxygen atoms in total. The van der Waals surface area contributed by atoms with Gasteiger partial charge in [-0.3, -0.25) is 4.79 Å². The van der Waals surface area contributed by atoms with Gasteiger partial charge in [-0.1, -0.05) is 60.7 Å². The fraction of sp³-hybridized carbons (Fsp3) is 0.350. The normalized spacial score (nSPS) is 20.4. The van der Waals surface area contributed by atoms with E-state index in [1.54, 1.807) is 4.90 Å². The molecule has 2 aromatic rings. The van der Waals surface area contributed by atoms with Gasteiger partial charge in [0, 0.05) is 6.54 Å². The van der Waals surface area contributed by atoms with E-state index in [0.717, 1.165) is 11.1 Å². The average molecular weight is 341 g/mol. The Morgan fingerprint density at radius 3 is 2.48 bits per heavy atom. The first-order chi connectivity index (χ1) is 12.3. The molecule has 1 fully saturated rings. The zero-order chi connectivity index (χ0) is 17.5. The maximum atomic E-state index is 12.7. The van der Waals surface area contributed by atoms with E-state index in [9.17, 15) is 9.90 Å². The first-order valence-corrected chi connectivity index (χ1v) is 8.48. The number of morpholine rings is 1. The molecule has 1 heterocycles. The number of amides is 1. The number of benzene rings is 2. The monoisotopic (exact) mass is 341 g/mol. The topological polar surface area (TPSA) is 59.0 Å². The summed E-state index contributed by atoms with van der Waals surface area (Å²) in [6.07, 6.45) is -0.422. The van der Waals surface area contributed by atoms with Crippen LogP contribution in [0.15, 0.2) is 60.7 Å². The molecule has 2 atom stereocenters. The van der Waals surface area contributed by atoms with Gasteiger partial charge in [-0.15, -0.1) is 0 Å². The number of aliphatic hydroxyl groups excluding tert-OH is 1. The van der Waals surface area contributed by atoms with Gasteiger partial charge < -0.3 is 19.5 Å². The van der Waals surface area contributed by atoms with Crippen molar-refractivity contribution >= 4 is 5.91 Å². The van der Waals surface area contributed by atoms with Crippen LogP contribution in [-0.4, -0.2) is 48.4 Å². The second-order valence-corrected chi connectivity index (χ2v) is 6.01. The van der Waals surface area contributed by atoms with Crippen LogP contribution in [-0.2, 0) is 20.9 Å². The molecule has 0 aliphatic carbocycles. The minimum atomic E-state index is -0.422. The number of ether oxygens (including phenoxy) is 2. The van der Waals surface area contributed by atoms with Gasteiger partial charge >= 0.3 is 0 Å². The van der Waals surface area contributed by atoms with Crippen molar-refractivity contribution in [2.45, 2.75) is 18.8 Å². The molecule has 0 aromatic heterocycles. The van der Waals surface area contributed by atoms with Crippen molar-refractivity contribution in [3.8, 4) is 0 Å². The van der Waals surface area contributed by atoms with Crippen molar-refractivity contribution < 1.29 is 19.4 Å². The Labute approximate surface area is 147 Å². The Balaban J connectivity index is 1.66. The minimum Gasteiger partial charge on any atom is -0.394 e. The number of rotatable bonds is 6. The summed E-state index contributed by atoms with van der Waals surface area (Å²) in [7, 11) is 0. The van der Waals surface area contributed by atoms with E-state index in [4.69, 9.17) is 9.47 Å². The summed E-state index contributed by atoms with van der Waals surface area (Å²) in [4.78, 5) is 14.5. The lowest BCUT2D eigenvalue weighted by atomic mass is 9.98. The van der Waals surface area contributed by atoms with E-state index < -0.39 is 6.10 Å². The largest absolute Gasteiger partial charge is 0.394 e. The molecular formula is C20H23NO4. The summed E-state index contributed by atoms with van der Waals surface area (Å²) in [6.45, 7) is 1.18. The van der Waals surface area contributed by atoms with E-state index in [1.165, 1.54) is 0 Å². The molecule has 1 aliphatic heterocycles. The Kier molecular flexibility index (Phi) is 6.17. The first kappa shape index (κ1) is 17.6. The van der Waals surface area contributed by atoms with Crippen molar-refractivity contribution in [1.82, 2.24) is 4.90 Å². The molecule has 1 N–H and O–H groups in total. The highest BCUT2D eigenvalue weighted by Crippen LogP contribution is 2.29. The summed E-state index contributed by atoms with van der Waals surface area (Å²) in [6, 6.07) is 19.1. The molecule has 25 heavy (non-hydrogen) atoms. The SMILES string of the molecule is O=C(COCc1ccccc1)N1CCO[C@@H](CO)[C@@H]1c1ccccc1. The lowest BCUT2D eigenvalue weighted by Crippen LogP contribution is -2.50. The molecular weight excluding hydrogens is 318 g/mol. The van der Waals surface area contributed by atoms with Crippen molar-refractivity contribution in [3.63, 3.8) is 0 Å². The number of nitrogens with zero attached hydrogens (tertiary/aromatic N) is 1. The molecule has 5 heteroatoms. The van der Waals surface area contributed by atoms with Crippen molar-refractivity contribution in [2.75, 3.05) is 26.4 Å². The highest BCUT2D eigenvalue weighted by molar-refractivity contribution is 5.78. The Morgan fingerprint density at radius 2 is 1.80 bits per heavy atom. The number of carbonyl (C=O) groups excluding carboxylic acids is 1. The third-order valence-corrected chi connectivity index (χ3v) is 4.33. The molecule has 1 amide bonds. The smallest absolute Gasteiger partial charge is 0.249 e. The van der Waals surface area contributed by atoms with E-state index in [-0.39, 0.29) is 25.2 Å². The highest BCUT2D eigenvalue weighted by atomic mass is 16.5. The molecule has 2 aromatic carbocycles. The third kappa shape index (κ3) is 4.45. The average Bonchev–Trinajstić information content (AvgIpc) is 2.68. The van der Waals surface area contributed by atoms with E-state index in [1.807, 2.05) is 60.7 Å². The molecule has 132 valence electrons. The van der Waals surface area contributed by atoms with Crippen molar-refractivity contribution in [2.24, 2.45) is 0 Å². The zero-order valence-corrected chi connectivity index (χ0v) is 14.1. The van der Waals surface area contributed by atoms with Gasteiger partial charge in [-0.2, -0.15) is 0 Å². The van der Waals surface area contributed by atoms with Crippen LogP contribution in [0.4, 0.5) is 0 Å². The van der Waals surface area contributed by atoms with E-state index in [0.29, 0.717) is 19.8 Å². The summed E-state index contributed by atoms with van der Waals surface area (Å²) < 4.78 is 11.3. The highest BCUT2D eigenvalue weighted by Gasteiger charge is 2.35.